The van der Waals surface area contributed by atoms with Gasteiger partial charge in [-0.2, -0.15) is 0 Å². The Balaban J connectivity index is 1.42. The number of hydrogen-bond acceptors (Lipinski definition) is 5. The lowest BCUT2D eigenvalue weighted by Gasteiger charge is -2.61. The van der Waals surface area contributed by atoms with Gasteiger partial charge in [0.25, 0.3) is 0 Å². The van der Waals surface area contributed by atoms with E-state index in [1.54, 1.807) is 6.92 Å². The molecule has 2 aliphatic heterocycles. The Bertz CT molecular complexity index is 616. The van der Waals surface area contributed by atoms with Crippen molar-refractivity contribution in [3.8, 4) is 0 Å². The molecule has 158 valence electrons. The molecular weight excluding hydrogens is 356 g/mol. The van der Waals surface area contributed by atoms with Crippen molar-refractivity contribution in [2.75, 3.05) is 39.3 Å². The molecule has 2 amide bonds. The molecule has 28 heavy (non-hydrogen) atoms. The quantitative estimate of drug-likeness (QED) is 0.699. The molecule has 2 saturated heterocycles. The molecule has 7 nitrogen and oxygen atoms in total. The zero-order chi connectivity index (χ0) is 20.7. The first kappa shape index (κ1) is 21.2. The minimum absolute atomic E-state index is 0.0753. The number of nitrogens with zero attached hydrogens (tertiary/aromatic N) is 3. The highest BCUT2D eigenvalue weighted by Crippen LogP contribution is 2.50. The number of aldehydes is 1. The topological polar surface area (TPSA) is 73.0 Å². The van der Waals surface area contributed by atoms with Crippen LogP contribution in [0.25, 0.3) is 0 Å². The lowest BCUT2D eigenvalue weighted by atomic mass is 9.60. The van der Waals surface area contributed by atoms with Crippen molar-refractivity contribution in [1.82, 2.24) is 20.0 Å². The molecule has 0 bridgehead atoms. The Hall–Kier alpha value is -1.47. The van der Waals surface area contributed by atoms with Crippen molar-refractivity contribution >= 4 is 18.1 Å². The molecule has 2 unspecified atom stereocenters. The number of piperazine rings is 1. The van der Waals surface area contributed by atoms with Gasteiger partial charge in [-0.05, 0) is 25.2 Å². The van der Waals surface area contributed by atoms with Crippen LogP contribution in [0.5, 0.6) is 0 Å². The van der Waals surface area contributed by atoms with Gasteiger partial charge in [0, 0.05) is 57.1 Å². The van der Waals surface area contributed by atoms with Crippen LogP contribution in [-0.2, 0) is 14.4 Å². The van der Waals surface area contributed by atoms with Gasteiger partial charge in [-0.3, -0.25) is 19.4 Å². The maximum absolute atomic E-state index is 12.4. The molecule has 0 radical (unpaired) electrons. The molecule has 2 atom stereocenters. The van der Waals surface area contributed by atoms with Gasteiger partial charge in [-0.15, -0.1) is 0 Å². The van der Waals surface area contributed by atoms with E-state index in [-0.39, 0.29) is 17.2 Å². The highest BCUT2D eigenvalue weighted by atomic mass is 16.2. The van der Waals surface area contributed by atoms with Crippen molar-refractivity contribution < 1.29 is 14.4 Å². The Labute approximate surface area is 168 Å². The summed E-state index contributed by atoms with van der Waals surface area (Å²) in [4.78, 5) is 41.8. The molecule has 0 aromatic heterocycles. The highest BCUT2D eigenvalue weighted by molar-refractivity contribution is 5.81. The summed E-state index contributed by atoms with van der Waals surface area (Å²) >= 11 is 0. The van der Waals surface area contributed by atoms with E-state index in [4.69, 9.17) is 0 Å². The van der Waals surface area contributed by atoms with E-state index in [1.165, 1.54) is 12.8 Å². The molecule has 1 saturated carbocycles. The molecule has 0 aromatic carbocycles. The largest absolute Gasteiger partial charge is 0.345 e. The predicted octanol–water partition coefficient (Wildman–Crippen LogP) is 0.733. The number of nitrogens with one attached hydrogen (secondary N) is 1. The first-order valence-corrected chi connectivity index (χ1v) is 10.5. The first-order chi connectivity index (χ1) is 13.0. The maximum atomic E-state index is 12.4. The third-order valence-corrected chi connectivity index (χ3v) is 6.88. The molecule has 3 fully saturated rings. The highest BCUT2D eigenvalue weighted by Gasteiger charge is 2.54. The fraction of sp³-hybridized carbons (Fsp3) is 0.857. The number of hydrogen-bond donors (Lipinski definition) is 1. The summed E-state index contributed by atoms with van der Waals surface area (Å²) in [6.45, 7) is 14.7. The number of carbonyl (C=O) groups excluding carboxylic acids is 3. The average molecular weight is 393 g/mol. The molecule has 3 aliphatic rings. The van der Waals surface area contributed by atoms with Crippen LogP contribution in [-0.4, -0.2) is 90.2 Å². The summed E-state index contributed by atoms with van der Waals surface area (Å²) < 4.78 is 0. The molecule has 1 aliphatic carbocycles. The van der Waals surface area contributed by atoms with Crippen molar-refractivity contribution in [1.29, 1.82) is 0 Å². The van der Waals surface area contributed by atoms with Crippen LogP contribution in [0.1, 0.15) is 47.5 Å². The van der Waals surface area contributed by atoms with E-state index in [0.29, 0.717) is 24.0 Å². The van der Waals surface area contributed by atoms with Gasteiger partial charge < -0.3 is 15.0 Å². The zero-order valence-electron chi connectivity index (χ0n) is 18.0. The molecule has 3 rings (SSSR count). The van der Waals surface area contributed by atoms with Crippen molar-refractivity contribution in [2.45, 2.75) is 65.6 Å². The van der Waals surface area contributed by atoms with Gasteiger partial charge in [-0.1, -0.05) is 20.8 Å². The van der Waals surface area contributed by atoms with Crippen LogP contribution < -0.4 is 5.32 Å². The second kappa shape index (κ2) is 7.75. The van der Waals surface area contributed by atoms with Crippen LogP contribution in [0.4, 0.5) is 0 Å². The minimum atomic E-state index is -0.459. The van der Waals surface area contributed by atoms with Gasteiger partial charge in [0.2, 0.25) is 11.8 Å². The summed E-state index contributed by atoms with van der Waals surface area (Å²) in [7, 11) is 0. The van der Waals surface area contributed by atoms with E-state index in [2.05, 4.69) is 22.0 Å². The molecular formula is C21H36N4O3. The van der Waals surface area contributed by atoms with Gasteiger partial charge in [0.1, 0.15) is 6.29 Å². The average Bonchev–Trinajstić information content (AvgIpc) is 2.51. The fourth-order valence-corrected chi connectivity index (χ4v) is 4.89. The minimum Gasteiger partial charge on any atom is -0.345 e. The van der Waals surface area contributed by atoms with Crippen LogP contribution in [0.15, 0.2) is 0 Å². The number of likely N-dealkylation sites (tertiary alicyclic amines) is 1. The second-order valence-corrected chi connectivity index (χ2v) is 10.3. The molecule has 1 spiro atoms. The Morgan fingerprint density at radius 3 is 2.36 bits per heavy atom. The summed E-state index contributed by atoms with van der Waals surface area (Å²) in [6, 6.07) is 0.475. The summed E-state index contributed by atoms with van der Waals surface area (Å²) in [6.07, 6.45) is 3.21. The van der Waals surface area contributed by atoms with Crippen molar-refractivity contribution in [2.24, 2.45) is 10.8 Å². The summed E-state index contributed by atoms with van der Waals surface area (Å²) in [5.41, 5.74) is 0.106. The number of rotatable bonds is 5. The smallest absolute Gasteiger partial charge is 0.234 e. The summed E-state index contributed by atoms with van der Waals surface area (Å²) in [5, 5.41) is 2.88. The van der Waals surface area contributed by atoms with Crippen LogP contribution in [0, 0.1) is 10.8 Å². The SMILES string of the molecule is CC(=O)N1CC2(CC(N3CCN(CC(=O)NC(C=O)C(C)(C)C)C(C)C3)C2)C1. The maximum Gasteiger partial charge on any atom is 0.234 e. The van der Waals surface area contributed by atoms with Crippen molar-refractivity contribution in [3.63, 3.8) is 0 Å². The van der Waals surface area contributed by atoms with Crippen LogP contribution in [0.3, 0.4) is 0 Å². The molecule has 0 aromatic rings. The fourth-order valence-electron chi connectivity index (χ4n) is 4.89. The third-order valence-electron chi connectivity index (χ3n) is 6.88. The van der Waals surface area contributed by atoms with Crippen LogP contribution in [0.2, 0.25) is 0 Å². The summed E-state index contributed by atoms with van der Waals surface area (Å²) in [5.74, 6) is 0.117. The second-order valence-electron chi connectivity index (χ2n) is 10.3. The van der Waals surface area contributed by atoms with Crippen molar-refractivity contribution in [3.05, 3.63) is 0 Å². The first-order valence-electron chi connectivity index (χ1n) is 10.5. The van der Waals surface area contributed by atoms with E-state index >= 15 is 0 Å². The standard InChI is InChI=1S/C21H36N4O3/c1-15-10-24(17-8-21(9-17)13-25(14-21)16(2)27)7-6-23(15)11-19(28)22-18(12-26)20(3,4)5/h12,15,17-18H,6-11,13-14H2,1-5H3,(H,22,28). The lowest BCUT2D eigenvalue weighted by Crippen LogP contribution is -2.69. The zero-order valence-corrected chi connectivity index (χ0v) is 18.0. The Morgan fingerprint density at radius 2 is 1.86 bits per heavy atom. The van der Waals surface area contributed by atoms with E-state index < -0.39 is 6.04 Å². The predicted molar refractivity (Wildman–Crippen MR) is 108 cm³/mol. The Kier molecular flexibility index (Phi) is 5.88. The number of amides is 2. The van der Waals surface area contributed by atoms with E-state index in [1.807, 2.05) is 25.7 Å². The van der Waals surface area contributed by atoms with Gasteiger partial charge in [-0.25, -0.2) is 0 Å². The molecule has 7 heteroatoms. The van der Waals surface area contributed by atoms with Gasteiger partial charge in [0.05, 0.1) is 12.6 Å². The molecule has 2 heterocycles. The monoisotopic (exact) mass is 392 g/mol. The van der Waals surface area contributed by atoms with E-state index in [0.717, 1.165) is 39.0 Å². The van der Waals surface area contributed by atoms with Gasteiger partial charge in [0.15, 0.2) is 0 Å². The Morgan fingerprint density at radius 1 is 1.21 bits per heavy atom. The van der Waals surface area contributed by atoms with Crippen LogP contribution >= 0.6 is 0 Å². The molecule has 1 N–H and O–H groups in total. The third kappa shape index (κ3) is 4.40. The van der Waals surface area contributed by atoms with E-state index in [9.17, 15) is 14.4 Å². The number of carbonyl (C=O) groups is 3. The normalized spacial score (nSPS) is 27.0. The lowest BCUT2D eigenvalue weighted by molar-refractivity contribution is -0.157. The van der Waals surface area contributed by atoms with Gasteiger partial charge >= 0.3 is 0 Å².